The van der Waals surface area contributed by atoms with Gasteiger partial charge in [0.15, 0.2) is 5.13 Å². The summed E-state index contributed by atoms with van der Waals surface area (Å²) in [7, 11) is 1.64. The fraction of sp³-hybridized carbons (Fsp3) is 0.0645. The number of carbonyl (C=O) groups is 1. The van der Waals surface area contributed by atoms with Crippen molar-refractivity contribution in [3.63, 3.8) is 0 Å². The van der Waals surface area contributed by atoms with Crippen LogP contribution in [-0.2, 0) is 0 Å². The third-order valence-corrected chi connectivity index (χ3v) is 8.71. The molecule has 0 unspecified atom stereocenters. The summed E-state index contributed by atoms with van der Waals surface area (Å²) in [6.45, 7) is 2.05. The first-order valence-corrected chi connectivity index (χ1v) is 14.4. The molecule has 0 saturated carbocycles. The van der Waals surface area contributed by atoms with Gasteiger partial charge in [-0.3, -0.25) is 10.1 Å². The van der Waals surface area contributed by atoms with Crippen molar-refractivity contribution in [1.82, 2.24) is 9.97 Å². The molecule has 3 aromatic heterocycles. The molecule has 3 aromatic carbocycles. The standard InChI is InChI=1S/C31H23ClN4O2S2/c1-17-7-9-18(10-8-17)22-15-24(19-11-13-20(38-2)14-12-19)34-30-26(22)27(33)28(40-30)29(37)36-31-35-25(16-39-31)21-5-3-4-6-23(21)32/h3-16H,33H2,1-2H3,(H,35,36,37). The number of anilines is 2. The monoisotopic (exact) mass is 582 g/mol. The van der Waals surface area contributed by atoms with Crippen LogP contribution in [0.2, 0.25) is 5.02 Å². The number of hydrogen-bond acceptors (Lipinski definition) is 7. The molecule has 0 saturated heterocycles. The largest absolute Gasteiger partial charge is 0.497 e. The SMILES string of the molecule is COc1ccc(-c2cc(-c3ccc(C)cc3)c3c(N)c(C(=O)Nc4nc(-c5ccccc5Cl)cs4)sc3n2)cc1. The van der Waals surface area contributed by atoms with Gasteiger partial charge in [0.05, 0.1) is 24.2 Å². The Morgan fingerprint density at radius 2 is 1.65 bits per heavy atom. The molecule has 0 aliphatic rings. The number of thiophene rings is 1. The number of pyridine rings is 1. The van der Waals surface area contributed by atoms with Crippen molar-refractivity contribution in [2.24, 2.45) is 0 Å². The minimum Gasteiger partial charge on any atom is -0.497 e. The van der Waals surface area contributed by atoms with E-state index in [9.17, 15) is 4.79 Å². The highest BCUT2D eigenvalue weighted by Gasteiger charge is 2.23. The van der Waals surface area contributed by atoms with Crippen LogP contribution in [0.25, 0.3) is 43.9 Å². The Balaban J connectivity index is 1.41. The molecular weight excluding hydrogens is 560 g/mol. The van der Waals surface area contributed by atoms with E-state index in [-0.39, 0.29) is 5.91 Å². The van der Waals surface area contributed by atoms with Gasteiger partial charge in [-0.15, -0.1) is 22.7 Å². The number of carbonyl (C=O) groups excluding carboxylic acids is 1. The van der Waals surface area contributed by atoms with Gasteiger partial charge in [-0.05, 0) is 54.4 Å². The number of hydrogen-bond donors (Lipinski definition) is 2. The first-order chi connectivity index (χ1) is 19.4. The van der Waals surface area contributed by atoms with Crippen molar-refractivity contribution < 1.29 is 9.53 Å². The number of nitrogens with two attached hydrogens (primary N) is 1. The molecule has 0 aliphatic heterocycles. The van der Waals surface area contributed by atoms with Crippen LogP contribution >= 0.6 is 34.3 Å². The lowest BCUT2D eigenvalue weighted by Gasteiger charge is -2.10. The van der Waals surface area contributed by atoms with Gasteiger partial charge in [0.1, 0.15) is 15.5 Å². The number of halogens is 1. The van der Waals surface area contributed by atoms with E-state index in [4.69, 9.17) is 27.1 Å². The van der Waals surface area contributed by atoms with Gasteiger partial charge in [0.25, 0.3) is 5.91 Å². The van der Waals surface area contributed by atoms with E-state index in [0.717, 1.165) is 44.6 Å². The molecule has 0 atom stereocenters. The Morgan fingerprint density at radius 1 is 0.925 bits per heavy atom. The smallest absolute Gasteiger partial charge is 0.269 e. The van der Waals surface area contributed by atoms with E-state index in [1.54, 1.807) is 7.11 Å². The molecule has 9 heteroatoms. The molecule has 0 aliphatic carbocycles. The minimum absolute atomic E-state index is 0.332. The van der Waals surface area contributed by atoms with Gasteiger partial charge in [-0.25, -0.2) is 9.97 Å². The Morgan fingerprint density at radius 3 is 2.38 bits per heavy atom. The fourth-order valence-electron chi connectivity index (χ4n) is 4.44. The summed E-state index contributed by atoms with van der Waals surface area (Å²) in [5.74, 6) is 0.434. The van der Waals surface area contributed by atoms with Crippen LogP contribution in [0.3, 0.4) is 0 Å². The lowest BCUT2D eigenvalue weighted by Crippen LogP contribution is -2.11. The second kappa shape index (κ2) is 10.7. The molecule has 3 N–H and O–H groups in total. The lowest BCUT2D eigenvalue weighted by molar-refractivity contribution is 0.103. The third-order valence-electron chi connectivity index (χ3n) is 6.53. The van der Waals surface area contributed by atoms with E-state index in [1.807, 2.05) is 66.9 Å². The Bertz CT molecular complexity index is 1860. The number of nitrogens with zero attached hydrogens (tertiary/aromatic N) is 2. The summed E-state index contributed by atoms with van der Waals surface area (Å²) in [4.78, 5) is 24.0. The minimum atomic E-state index is -0.332. The summed E-state index contributed by atoms with van der Waals surface area (Å²) in [6.07, 6.45) is 0. The van der Waals surface area contributed by atoms with E-state index >= 15 is 0 Å². The van der Waals surface area contributed by atoms with Crippen LogP contribution in [0, 0.1) is 6.92 Å². The van der Waals surface area contributed by atoms with Crippen LogP contribution in [0.1, 0.15) is 15.2 Å². The normalized spacial score (nSPS) is 11.1. The van der Waals surface area contributed by atoms with Crippen LogP contribution < -0.4 is 15.8 Å². The molecule has 6 nitrogen and oxygen atoms in total. The second-order valence-corrected chi connectivity index (χ2v) is 11.4. The first kappa shape index (κ1) is 26.0. The number of methoxy groups -OCH3 is 1. The summed E-state index contributed by atoms with van der Waals surface area (Å²) in [5.41, 5.74) is 13.3. The number of ether oxygens (including phenoxy) is 1. The predicted octanol–water partition coefficient (Wildman–Crippen LogP) is 8.56. The van der Waals surface area contributed by atoms with Gasteiger partial charge in [0, 0.05) is 26.9 Å². The molecular formula is C31H23ClN4O2S2. The molecule has 198 valence electrons. The lowest BCUT2D eigenvalue weighted by atomic mass is 9.98. The van der Waals surface area contributed by atoms with E-state index < -0.39 is 0 Å². The quantitative estimate of drug-likeness (QED) is 0.205. The van der Waals surface area contributed by atoms with E-state index in [2.05, 4.69) is 34.6 Å². The van der Waals surface area contributed by atoms with Crippen LogP contribution in [0.15, 0.2) is 84.2 Å². The summed E-state index contributed by atoms with van der Waals surface area (Å²) in [6, 6.07) is 25.5. The number of aromatic nitrogens is 2. The summed E-state index contributed by atoms with van der Waals surface area (Å²) in [5, 5.41) is 6.59. The van der Waals surface area contributed by atoms with Crippen LogP contribution in [0.5, 0.6) is 5.75 Å². The number of fused-ring (bicyclic) bond motifs is 1. The average molecular weight is 583 g/mol. The number of benzene rings is 3. The van der Waals surface area contributed by atoms with E-state index in [0.29, 0.717) is 31.2 Å². The maximum absolute atomic E-state index is 13.5. The zero-order valence-corrected chi connectivity index (χ0v) is 24.0. The highest BCUT2D eigenvalue weighted by Crippen LogP contribution is 2.42. The fourth-order valence-corrected chi connectivity index (χ4v) is 6.39. The van der Waals surface area contributed by atoms with Gasteiger partial charge < -0.3 is 10.5 Å². The highest BCUT2D eigenvalue weighted by atomic mass is 35.5. The third kappa shape index (κ3) is 4.93. The maximum Gasteiger partial charge on any atom is 0.269 e. The summed E-state index contributed by atoms with van der Waals surface area (Å²) < 4.78 is 5.32. The zero-order valence-electron chi connectivity index (χ0n) is 21.6. The van der Waals surface area contributed by atoms with Gasteiger partial charge >= 0.3 is 0 Å². The van der Waals surface area contributed by atoms with Crippen molar-refractivity contribution in [2.75, 3.05) is 18.2 Å². The Kier molecular flexibility index (Phi) is 6.98. The molecule has 6 aromatic rings. The predicted molar refractivity (Wildman–Crippen MR) is 167 cm³/mol. The highest BCUT2D eigenvalue weighted by molar-refractivity contribution is 7.21. The van der Waals surface area contributed by atoms with Crippen molar-refractivity contribution in [2.45, 2.75) is 6.92 Å². The van der Waals surface area contributed by atoms with Gasteiger partial charge in [-0.1, -0.05) is 59.6 Å². The van der Waals surface area contributed by atoms with E-state index in [1.165, 1.54) is 22.7 Å². The van der Waals surface area contributed by atoms with Gasteiger partial charge in [-0.2, -0.15) is 0 Å². The van der Waals surface area contributed by atoms with Gasteiger partial charge in [0.2, 0.25) is 0 Å². The number of rotatable bonds is 6. The number of thiazole rings is 1. The number of nitrogens with one attached hydrogen (secondary N) is 1. The number of aryl methyl sites for hydroxylation is 1. The van der Waals surface area contributed by atoms with Crippen molar-refractivity contribution in [3.05, 3.63) is 99.7 Å². The van der Waals surface area contributed by atoms with Crippen LogP contribution in [-0.4, -0.2) is 23.0 Å². The number of nitrogen functional groups attached to an aromatic ring is 1. The molecule has 0 bridgehead atoms. The summed E-state index contributed by atoms with van der Waals surface area (Å²) >= 11 is 8.93. The molecule has 40 heavy (non-hydrogen) atoms. The topological polar surface area (TPSA) is 90.1 Å². The van der Waals surface area contributed by atoms with Crippen molar-refractivity contribution in [1.29, 1.82) is 0 Å². The average Bonchev–Trinajstić information content (AvgIpc) is 3.57. The molecule has 0 fully saturated rings. The Hall–Kier alpha value is -4.24. The van der Waals surface area contributed by atoms with Crippen molar-refractivity contribution >= 4 is 61.2 Å². The zero-order chi connectivity index (χ0) is 27.8. The first-order valence-electron chi connectivity index (χ1n) is 12.4. The maximum atomic E-state index is 13.5. The van der Waals surface area contributed by atoms with Crippen LogP contribution in [0.4, 0.5) is 10.8 Å². The molecule has 0 radical (unpaired) electrons. The number of amides is 1. The second-order valence-electron chi connectivity index (χ2n) is 9.15. The molecule has 3 heterocycles. The van der Waals surface area contributed by atoms with Crippen molar-refractivity contribution in [3.8, 4) is 39.4 Å². The molecule has 6 rings (SSSR count). The molecule has 0 spiro atoms. The molecule has 1 amide bonds. The Labute approximate surface area is 244 Å².